The highest BCUT2D eigenvalue weighted by molar-refractivity contribution is 7.89. The summed E-state index contributed by atoms with van der Waals surface area (Å²) >= 11 is 0. The first-order valence-electron chi connectivity index (χ1n) is 9.28. The number of nitrogens with one attached hydrogen (secondary N) is 1. The van der Waals surface area contributed by atoms with E-state index in [1.807, 2.05) is 39.0 Å². The Labute approximate surface area is 165 Å². The number of nitrogens with zero attached hydrogens (tertiary/aromatic N) is 3. The third-order valence-corrected chi connectivity index (χ3v) is 6.74. The molecule has 1 aromatic heterocycles. The third kappa shape index (κ3) is 4.49. The van der Waals surface area contributed by atoms with Gasteiger partial charge in [0.05, 0.1) is 4.90 Å². The third-order valence-electron chi connectivity index (χ3n) is 4.92. The molecule has 1 aliphatic rings. The molecule has 0 amide bonds. The van der Waals surface area contributed by atoms with E-state index in [0.29, 0.717) is 30.6 Å². The minimum Gasteiger partial charge on any atom is -0.472 e. The van der Waals surface area contributed by atoms with E-state index in [0.717, 1.165) is 16.7 Å². The Bertz CT molecular complexity index is 983. The van der Waals surface area contributed by atoms with Gasteiger partial charge in [-0.25, -0.2) is 23.1 Å². The lowest BCUT2D eigenvalue weighted by atomic mass is 9.94. The van der Waals surface area contributed by atoms with Crippen LogP contribution in [0.2, 0.25) is 0 Å². The van der Waals surface area contributed by atoms with Crippen molar-refractivity contribution in [3.8, 4) is 11.9 Å². The van der Waals surface area contributed by atoms with E-state index < -0.39 is 10.0 Å². The van der Waals surface area contributed by atoms with Crippen molar-refractivity contribution >= 4 is 10.0 Å². The van der Waals surface area contributed by atoms with E-state index in [1.165, 1.54) is 12.4 Å². The maximum Gasteiger partial charge on any atom is 0.251 e. The van der Waals surface area contributed by atoms with E-state index in [1.54, 1.807) is 0 Å². The number of benzene rings is 1. The minimum absolute atomic E-state index is 0.104. The molecule has 0 bridgehead atoms. The summed E-state index contributed by atoms with van der Waals surface area (Å²) in [4.78, 5) is 8.38. The Balaban J connectivity index is 1.64. The molecular weight excluding hydrogens is 376 g/mol. The monoisotopic (exact) mass is 400 g/mol. The highest BCUT2D eigenvalue weighted by atomic mass is 32.2. The number of sulfonamides is 1. The van der Waals surface area contributed by atoms with Crippen LogP contribution in [0.25, 0.3) is 0 Å². The molecule has 7 nitrogen and oxygen atoms in total. The Hall–Kier alpha value is -2.50. The molecule has 0 unspecified atom stereocenters. The maximum atomic E-state index is 12.9. The van der Waals surface area contributed by atoms with Gasteiger partial charge in [0.1, 0.15) is 12.2 Å². The van der Waals surface area contributed by atoms with Gasteiger partial charge in [0, 0.05) is 18.4 Å². The molecule has 1 saturated carbocycles. The van der Waals surface area contributed by atoms with Gasteiger partial charge < -0.3 is 4.74 Å². The van der Waals surface area contributed by atoms with Crippen molar-refractivity contribution in [2.45, 2.75) is 63.5 Å². The second kappa shape index (κ2) is 8.25. The molecule has 0 aliphatic heterocycles. The van der Waals surface area contributed by atoms with Crippen LogP contribution in [0.5, 0.6) is 5.88 Å². The molecule has 1 aliphatic carbocycles. The lowest BCUT2D eigenvalue weighted by Gasteiger charge is -2.29. The highest BCUT2D eigenvalue weighted by Crippen LogP contribution is 2.27. The zero-order chi connectivity index (χ0) is 20.3. The fourth-order valence-corrected chi connectivity index (χ4v) is 5.57. The molecular formula is C20H24N4O3S. The van der Waals surface area contributed by atoms with Crippen LogP contribution in [-0.4, -0.2) is 30.5 Å². The summed E-state index contributed by atoms with van der Waals surface area (Å²) in [7, 11) is -3.58. The number of hydrogen-bond donors (Lipinski definition) is 1. The average Bonchev–Trinajstić information content (AvgIpc) is 2.62. The quantitative estimate of drug-likeness (QED) is 0.827. The van der Waals surface area contributed by atoms with Crippen molar-refractivity contribution in [2.24, 2.45) is 0 Å². The molecule has 8 heteroatoms. The number of rotatable bonds is 5. The Kier molecular flexibility index (Phi) is 5.96. The summed E-state index contributed by atoms with van der Waals surface area (Å²) < 4.78 is 34.5. The summed E-state index contributed by atoms with van der Waals surface area (Å²) in [6.45, 7) is 5.61. The Morgan fingerprint density at radius 2 is 1.68 bits per heavy atom. The van der Waals surface area contributed by atoms with Crippen LogP contribution in [0.15, 0.2) is 29.4 Å². The smallest absolute Gasteiger partial charge is 0.251 e. The second-order valence-electron chi connectivity index (χ2n) is 7.26. The molecule has 0 radical (unpaired) electrons. The number of aromatic nitrogens is 2. The van der Waals surface area contributed by atoms with Crippen LogP contribution in [0.1, 0.15) is 48.1 Å². The number of aryl methyl sites for hydroxylation is 3. The number of hydrogen-bond acceptors (Lipinski definition) is 6. The van der Waals surface area contributed by atoms with Crippen LogP contribution in [0.4, 0.5) is 0 Å². The van der Waals surface area contributed by atoms with Crippen LogP contribution < -0.4 is 9.46 Å². The molecule has 0 atom stereocenters. The zero-order valence-electron chi connectivity index (χ0n) is 16.3. The van der Waals surface area contributed by atoms with Crippen molar-refractivity contribution in [3.63, 3.8) is 0 Å². The standard InChI is InChI=1S/C20H24N4O3S/c1-13-10-14(2)19(15(3)11-13)28(25,26)24-16-4-6-17(7-5-16)27-20-18(12-21)22-8-9-23-20/h8-11,16-17,24H,4-7H2,1-3H3. The van der Waals surface area contributed by atoms with E-state index >= 15 is 0 Å². The van der Waals surface area contributed by atoms with Crippen molar-refractivity contribution < 1.29 is 13.2 Å². The molecule has 1 fully saturated rings. The fourth-order valence-electron chi connectivity index (χ4n) is 3.81. The summed E-state index contributed by atoms with van der Waals surface area (Å²) in [6.07, 6.45) is 5.52. The number of nitriles is 1. The van der Waals surface area contributed by atoms with E-state index in [2.05, 4.69) is 14.7 Å². The summed E-state index contributed by atoms with van der Waals surface area (Å²) in [5.74, 6) is 0.236. The molecule has 148 valence electrons. The van der Waals surface area contributed by atoms with Crippen molar-refractivity contribution in [3.05, 3.63) is 46.9 Å². The van der Waals surface area contributed by atoms with E-state index in [9.17, 15) is 8.42 Å². The van der Waals surface area contributed by atoms with Gasteiger partial charge in [-0.2, -0.15) is 5.26 Å². The largest absolute Gasteiger partial charge is 0.472 e. The van der Waals surface area contributed by atoms with E-state index in [-0.39, 0.29) is 23.7 Å². The van der Waals surface area contributed by atoms with Crippen molar-refractivity contribution in [1.82, 2.24) is 14.7 Å². The highest BCUT2D eigenvalue weighted by Gasteiger charge is 2.29. The van der Waals surface area contributed by atoms with Gasteiger partial charge in [0.2, 0.25) is 15.7 Å². The van der Waals surface area contributed by atoms with E-state index in [4.69, 9.17) is 10.00 Å². The van der Waals surface area contributed by atoms with Crippen molar-refractivity contribution in [2.75, 3.05) is 0 Å². The molecule has 28 heavy (non-hydrogen) atoms. The molecule has 1 heterocycles. The van der Waals surface area contributed by atoms with Gasteiger partial charge >= 0.3 is 0 Å². The maximum absolute atomic E-state index is 12.9. The molecule has 0 spiro atoms. The summed E-state index contributed by atoms with van der Waals surface area (Å²) in [5.41, 5.74) is 2.73. The molecule has 2 aromatic rings. The van der Waals surface area contributed by atoms with Gasteiger partial charge in [0.25, 0.3) is 5.88 Å². The van der Waals surface area contributed by atoms with Crippen LogP contribution in [-0.2, 0) is 10.0 Å². The number of ether oxygens (including phenoxy) is 1. The Morgan fingerprint density at radius 3 is 2.29 bits per heavy atom. The SMILES string of the molecule is Cc1cc(C)c(S(=O)(=O)NC2CCC(Oc3nccnc3C#N)CC2)c(C)c1. The lowest BCUT2D eigenvalue weighted by Crippen LogP contribution is -2.40. The molecule has 3 rings (SSSR count). The fraction of sp³-hybridized carbons (Fsp3) is 0.450. The molecule has 1 N–H and O–H groups in total. The van der Waals surface area contributed by atoms with Crippen LogP contribution >= 0.6 is 0 Å². The second-order valence-corrected chi connectivity index (χ2v) is 8.91. The topological polar surface area (TPSA) is 105 Å². The molecule has 1 aromatic carbocycles. The summed E-state index contributed by atoms with van der Waals surface area (Å²) in [6, 6.07) is 5.61. The van der Waals surface area contributed by atoms with Crippen molar-refractivity contribution in [1.29, 1.82) is 5.26 Å². The van der Waals surface area contributed by atoms with Gasteiger partial charge in [-0.1, -0.05) is 17.7 Å². The van der Waals surface area contributed by atoms with Crippen LogP contribution in [0, 0.1) is 32.1 Å². The predicted molar refractivity (Wildman–Crippen MR) is 104 cm³/mol. The Morgan fingerprint density at radius 1 is 1.07 bits per heavy atom. The first-order valence-corrected chi connectivity index (χ1v) is 10.8. The minimum atomic E-state index is -3.58. The first-order chi connectivity index (χ1) is 13.3. The zero-order valence-corrected chi connectivity index (χ0v) is 17.1. The van der Waals surface area contributed by atoms with Gasteiger partial charge in [0.15, 0.2) is 0 Å². The van der Waals surface area contributed by atoms with Gasteiger partial charge in [-0.15, -0.1) is 0 Å². The van der Waals surface area contributed by atoms with Gasteiger partial charge in [-0.3, -0.25) is 0 Å². The van der Waals surface area contributed by atoms with Gasteiger partial charge in [-0.05, 0) is 57.6 Å². The molecule has 0 saturated heterocycles. The predicted octanol–water partition coefficient (Wildman–Crippen LogP) is 2.94. The summed E-state index contributed by atoms with van der Waals surface area (Å²) in [5, 5.41) is 9.08. The van der Waals surface area contributed by atoms with Crippen LogP contribution in [0.3, 0.4) is 0 Å². The first kappa shape index (κ1) is 20.2. The average molecular weight is 401 g/mol. The lowest BCUT2D eigenvalue weighted by molar-refractivity contribution is 0.137. The normalized spacial score (nSPS) is 19.8.